The predicted octanol–water partition coefficient (Wildman–Crippen LogP) is 14.7. The molecule has 0 fully saturated rings. The molecule has 6 heteroatoms. The van der Waals surface area contributed by atoms with Crippen LogP contribution in [0.4, 0.5) is 0 Å². The van der Waals surface area contributed by atoms with Crippen molar-refractivity contribution in [3.8, 4) is 44.9 Å². The second kappa shape index (κ2) is 16.2. The first-order chi connectivity index (χ1) is 26.2. The number of hydrogen-bond donors (Lipinski definition) is 0. The molecule has 272 valence electrons. The topological polar surface area (TPSA) is 26.3 Å². The van der Waals surface area contributed by atoms with Crippen molar-refractivity contribution in [3.63, 3.8) is 0 Å². The summed E-state index contributed by atoms with van der Waals surface area (Å²) in [6.45, 7) is 8.32. The van der Waals surface area contributed by atoms with Crippen LogP contribution < -0.4 is 0 Å². The monoisotopic (exact) mass is 840 g/mol. The molecule has 2 aromatic heterocycles. The number of rotatable bonds is 4. The Hall–Kier alpha value is -3.66. The van der Waals surface area contributed by atoms with Crippen LogP contribution in [-0.2, 0) is 43.7 Å². The molecule has 2 aliphatic carbocycles. The van der Waals surface area contributed by atoms with Crippen LogP contribution in [0.5, 0.6) is 0 Å². The molecule has 0 aliphatic heterocycles. The maximum atomic E-state index is 5.85. The molecule has 6 aromatic carbocycles. The summed E-state index contributed by atoms with van der Waals surface area (Å²) in [5.74, 6) is 3.84. The van der Waals surface area contributed by atoms with Crippen molar-refractivity contribution in [2.75, 3.05) is 0 Å². The molecule has 0 bridgehead atoms. The van der Waals surface area contributed by atoms with E-state index in [2.05, 4.69) is 122 Å². The number of benzene rings is 4. The van der Waals surface area contributed by atoms with E-state index in [0.29, 0.717) is 0 Å². The minimum Gasteiger partial charge on any atom is -0.496 e. The number of aryl methyl sites for hydroxylation is 4. The van der Waals surface area contributed by atoms with Crippen molar-refractivity contribution in [1.82, 2.24) is 0 Å². The van der Waals surface area contributed by atoms with E-state index in [1.54, 1.807) is 11.1 Å². The Morgan fingerprint density at radius 3 is 1.31 bits per heavy atom. The summed E-state index contributed by atoms with van der Waals surface area (Å²) < 4.78 is 11.7. The smallest absolute Gasteiger partial charge is 0.0896 e. The molecule has 2 aliphatic rings. The normalized spacial score (nSPS) is 12.9. The van der Waals surface area contributed by atoms with Gasteiger partial charge < -0.3 is 8.83 Å². The van der Waals surface area contributed by atoms with Gasteiger partial charge >= 0.3 is 53.5 Å². The molecule has 0 amide bonds. The summed E-state index contributed by atoms with van der Waals surface area (Å²) >= 11 is -1.65. The Morgan fingerprint density at radius 1 is 0.556 bits per heavy atom. The molecule has 2 nitrogen and oxygen atoms in total. The molecule has 0 unspecified atom stereocenters. The number of hydrogen-bond acceptors (Lipinski definition) is 2. The maximum Gasteiger partial charge on any atom is 0.0896 e. The molecule has 54 heavy (non-hydrogen) atoms. The van der Waals surface area contributed by atoms with Crippen LogP contribution in [0.25, 0.3) is 66.4 Å². The quantitative estimate of drug-likeness (QED) is 0.130. The van der Waals surface area contributed by atoms with E-state index in [-0.39, 0.29) is 5.43 Å². The van der Waals surface area contributed by atoms with Crippen LogP contribution in [-0.4, -0.2) is 5.43 Å². The Kier molecular flexibility index (Phi) is 11.2. The standard InChI is InChI=1S/2C23H19O.C2H6Si.2ClH.Zr/c2*1-15-10-11-22(24-15)19-13-18-12-17-8-5-9-20(17)23(21(18)14-19)16-6-3-2-4-7-16;1-3-2;;;/h2*2-4,6-7,10-14H,5,8-9H2,1H3;1-2H3;2*1H;/q2*-1;;;;+2/p-2. The predicted molar refractivity (Wildman–Crippen MR) is 228 cm³/mol. The third kappa shape index (κ3) is 7.74. The van der Waals surface area contributed by atoms with Crippen LogP contribution in [0.3, 0.4) is 0 Å². The first-order valence-corrected chi connectivity index (χ1v) is 31.5. The van der Waals surface area contributed by atoms with E-state index in [9.17, 15) is 0 Å². The molecule has 10 rings (SSSR count). The maximum absolute atomic E-state index is 5.85. The number of furan rings is 2. The minimum absolute atomic E-state index is 0.224. The van der Waals surface area contributed by atoms with Gasteiger partial charge in [-0.2, -0.15) is 0 Å². The second-order valence-electron chi connectivity index (χ2n) is 14.8. The van der Waals surface area contributed by atoms with Gasteiger partial charge in [-0.05, 0) is 98.9 Å². The van der Waals surface area contributed by atoms with Gasteiger partial charge in [-0.1, -0.05) is 94.0 Å². The molecule has 0 spiro atoms. The van der Waals surface area contributed by atoms with Gasteiger partial charge in [0.25, 0.3) is 0 Å². The van der Waals surface area contributed by atoms with Gasteiger partial charge in [0, 0.05) is 0 Å². The third-order valence-electron chi connectivity index (χ3n) is 10.7. The van der Waals surface area contributed by atoms with E-state index in [1.807, 2.05) is 26.0 Å². The van der Waals surface area contributed by atoms with Gasteiger partial charge in [0.05, 0.1) is 23.0 Å². The van der Waals surface area contributed by atoms with E-state index in [4.69, 9.17) is 25.9 Å². The van der Waals surface area contributed by atoms with Crippen LogP contribution in [0.15, 0.2) is 130 Å². The Balaban J connectivity index is 0.000000134. The van der Waals surface area contributed by atoms with Crippen molar-refractivity contribution < 1.29 is 26.8 Å². The Morgan fingerprint density at radius 2 is 0.963 bits per heavy atom. The fourth-order valence-electron chi connectivity index (χ4n) is 8.18. The van der Waals surface area contributed by atoms with Gasteiger partial charge in [0.15, 0.2) is 0 Å². The Labute approximate surface area is 333 Å². The van der Waals surface area contributed by atoms with Gasteiger partial charge in [-0.3, -0.25) is 0 Å². The van der Waals surface area contributed by atoms with E-state index < -0.39 is 18.0 Å². The van der Waals surface area contributed by atoms with Crippen molar-refractivity contribution in [1.29, 1.82) is 0 Å². The number of halogens is 2. The summed E-state index contributed by atoms with van der Waals surface area (Å²) in [4.78, 5) is 0. The fourth-order valence-corrected chi connectivity index (χ4v) is 8.18. The first kappa shape index (κ1) is 37.3. The summed E-state index contributed by atoms with van der Waals surface area (Å²) in [6.07, 6.45) is 7.32. The van der Waals surface area contributed by atoms with Crippen molar-refractivity contribution in [2.45, 2.75) is 65.5 Å². The van der Waals surface area contributed by atoms with Gasteiger partial charge in [0.2, 0.25) is 0 Å². The largest absolute Gasteiger partial charge is 0.496 e. The minimum atomic E-state index is -1.65. The van der Waals surface area contributed by atoms with E-state index in [1.165, 1.54) is 105 Å². The average Bonchev–Trinajstić information content (AvgIpc) is 4.03. The van der Waals surface area contributed by atoms with E-state index in [0.717, 1.165) is 23.0 Å². The molecule has 0 saturated heterocycles. The zero-order valence-corrected chi connectivity index (χ0v) is 36.3. The fraction of sp³-hybridized carbons (Fsp3) is 0.208. The summed E-state index contributed by atoms with van der Waals surface area (Å²) in [7, 11) is 11.2. The molecule has 0 atom stereocenters. The van der Waals surface area contributed by atoms with Crippen LogP contribution in [0.1, 0.15) is 46.6 Å². The first-order valence-electron chi connectivity index (χ1n) is 19.0. The van der Waals surface area contributed by atoms with Gasteiger partial charge in [0.1, 0.15) is 0 Å². The molecule has 0 N–H and O–H groups in total. The van der Waals surface area contributed by atoms with Gasteiger partial charge in [-0.15, -0.1) is 57.9 Å². The van der Waals surface area contributed by atoms with E-state index >= 15 is 0 Å². The zero-order valence-electron chi connectivity index (χ0n) is 31.4. The Bertz CT molecular complexity index is 2430. The second-order valence-corrected chi connectivity index (χ2v) is 37.8. The summed E-state index contributed by atoms with van der Waals surface area (Å²) in [6, 6.07) is 43.8. The molecule has 8 aromatic rings. The van der Waals surface area contributed by atoms with Crippen molar-refractivity contribution >= 4 is 44.0 Å². The molecular weight excluding hydrogens is 799 g/mol. The molecular formula is C48H44Cl2O2SiZr-2. The SMILES string of the molecule is C[Si](C)=[Zr]([Cl])[Cl].Cc1ccc(-c2cc3c(-c4ccccc4)c4c(cc3[cH-]2)CCC4)o1.Cc1ccc(-c2cc3c(-c4ccccc4)c4c(cc3[cH-]2)CCC4)o1. The summed E-state index contributed by atoms with van der Waals surface area (Å²) in [5.41, 5.74) is 13.8. The van der Waals surface area contributed by atoms with Crippen LogP contribution in [0.2, 0.25) is 13.1 Å². The summed E-state index contributed by atoms with van der Waals surface area (Å²) in [5, 5.41) is 5.37. The number of fused-ring (bicyclic) bond motifs is 4. The van der Waals surface area contributed by atoms with Gasteiger partial charge in [-0.25, -0.2) is 0 Å². The van der Waals surface area contributed by atoms with Crippen molar-refractivity contribution in [3.05, 3.63) is 155 Å². The van der Waals surface area contributed by atoms with Crippen LogP contribution in [0, 0.1) is 13.8 Å². The third-order valence-corrected chi connectivity index (χ3v) is 30.5. The molecule has 2 heterocycles. The molecule has 0 radical (unpaired) electrons. The van der Waals surface area contributed by atoms with Crippen molar-refractivity contribution in [2.24, 2.45) is 0 Å². The zero-order chi connectivity index (χ0) is 37.3. The van der Waals surface area contributed by atoms with Crippen LogP contribution >= 0.6 is 17.0 Å². The average molecular weight is 843 g/mol. The molecule has 0 saturated carbocycles.